The van der Waals surface area contributed by atoms with E-state index in [0.29, 0.717) is 10.7 Å². The van der Waals surface area contributed by atoms with Crippen molar-refractivity contribution in [3.8, 4) is 17.1 Å². The van der Waals surface area contributed by atoms with Crippen LogP contribution in [0.3, 0.4) is 0 Å². The zero-order valence-electron chi connectivity index (χ0n) is 16.3. The summed E-state index contributed by atoms with van der Waals surface area (Å²) in [5.41, 5.74) is 2.48. The summed E-state index contributed by atoms with van der Waals surface area (Å²) >= 11 is 3.02. The van der Waals surface area contributed by atoms with Gasteiger partial charge in [-0.1, -0.05) is 47.4 Å². The van der Waals surface area contributed by atoms with Gasteiger partial charge in [0.05, 0.1) is 23.0 Å². The van der Waals surface area contributed by atoms with Crippen LogP contribution in [0.25, 0.3) is 26.6 Å². The number of benzene rings is 2. The van der Waals surface area contributed by atoms with E-state index in [1.807, 2.05) is 60.1 Å². The van der Waals surface area contributed by atoms with E-state index in [1.165, 1.54) is 23.1 Å². The monoisotopic (exact) mass is 435 g/mol. The van der Waals surface area contributed by atoms with Crippen molar-refractivity contribution in [1.82, 2.24) is 24.1 Å². The predicted molar refractivity (Wildman–Crippen MR) is 119 cm³/mol. The van der Waals surface area contributed by atoms with Crippen LogP contribution < -0.4 is 10.3 Å². The van der Waals surface area contributed by atoms with Gasteiger partial charge in [-0.05, 0) is 24.3 Å². The highest BCUT2D eigenvalue weighted by Crippen LogP contribution is 2.28. The average Bonchev–Trinajstić information content (AvgIpc) is 3.32. The van der Waals surface area contributed by atoms with Crippen LogP contribution in [0.1, 0.15) is 5.69 Å². The highest BCUT2D eigenvalue weighted by Gasteiger charge is 2.14. The molecule has 7 nitrogen and oxygen atoms in total. The third kappa shape index (κ3) is 3.25. The molecule has 0 aliphatic rings. The van der Waals surface area contributed by atoms with Gasteiger partial charge in [0.15, 0.2) is 15.9 Å². The topological polar surface area (TPSA) is 74.3 Å². The van der Waals surface area contributed by atoms with Crippen LogP contribution in [-0.2, 0) is 12.8 Å². The summed E-state index contributed by atoms with van der Waals surface area (Å²) in [5.74, 6) is 2.06. The summed E-state index contributed by atoms with van der Waals surface area (Å²) in [6.45, 7) is 0. The van der Waals surface area contributed by atoms with E-state index in [9.17, 15) is 4.79 Å². The highest BCUT2D eigenvalue weighted by molar-refractivity contribution is 7.98. The second kappa shape index (κ2) is 7.58. The van der Waals surface area contributed by atoms with E-state index in [4.69, 9.17) is 9.72 Å². The van der Waals surface area contributed by atoms with Gasteiger partial charge in [-0.15, -0.1) is 10.2 Å². The van der Waals surface area contributed by atoms with E-state index in [0.717, 1.165) is 38.2 Å². The third-order valence-corrected chi connectivity index (χ3v) is 6.84. The first-order valence-corrected chi connectivity index (χ1v) is 11.0. The van der Waals surface area contributed by atoms with E-state index < -0.39 is 0 Å². The molecular formula is C21H17N5O2S2. The first kappa shape index (κ1) is 18.8. The fourth-order valence-electron chi connectivity index (χ4n) is 3.29. The number of aromatic nitrogens is 5. The molecule has 150 valence electrons. The molecule has 3 heterocycles. The van der Waals surface area contributed by atoms with Crippen LogP contribution in [0.15, 0.2) is 64.5 Å². The Labute approximate surface area is 180 Å². The molecule has 0 unspecified atom stereocenters. The Kier molecular flexibility index (Phi) is 4.76. The summed E-state index contributed by atoms with van der Waals surface area (Å²) in [5, 5.41) is 9.39. The van der Waals surface area contributed by atoms with Crippen molar-refractivity contribution in [3.63, 3.8) is 0 Å². The highest BCUT2D eigenvalue weighted by atomic mass is 32.2. The van der Waals surface area contributed by atoms with Crippen LogP contribution in [0.4, 0.5) is 0 Å². The minimum atomic E-state index is -0.0666. The molecule has 0 amide bonds. The van der Waals surface area contributed by atoms with Crippen LogP contribution in [0, 0.1) is 0 Å². The van der Waals surface area contributed by atoms with Crippen molar-refractivity contribution in [1.29, 1.82) is 0 Å². The fourth-order valence-corrected chi connectivity index (χ4v) is 5.14. The molecule has 0 spiro atoms. The standard InChI is InChI=1S/C21H17N5O2S2/c1-25-19(13-6-5-7-15(10-13)28-2)23-24-21(25)29-12-14-11-18(27)26-16-8-3-4-9-17(16)30-20(26)22-14/h3-11H,12H2,1-2H3. The van der Waals surface area contributed by atoms with Crippen LogP contribution in [0.2, 0.25) is 0 Å². The SMILES string of the molecule is COc1cccc(-c2nnc(SCc3cc(=O)n4c(n3)sc3ccccc34)n2C)c1. The molecular weight excluding hydrogens is 418 g/mol. The lowest BCUT2D eigenvalue weighted by Crippen LogP contribution is -2.13. The molecule has 5 aromatic rings. The molecule has 0 radical (unpaired) electrons. The Hall–Kier alpha value is -3.17. The van der Waals surface area contributed by atoms with Gasteiger partial charge in [0.1, 0.15) is 5.75 Å². The molecule has 5 rings (SSSR count). The van der Waals surface area contributed by atoms with Gasteiger partial charge >= 0.3 is 0 Å². The molecule has 0 N–H and O–H groups in total. The van der Waals surface area contributed by atoms with Gasteiger partial charge in [-0.2, -0.15) is 0 Å². The molecule has 0 aliphatic carbocycles. The number of nitrogens with zero attached hydrogens (tertiary/aromatic N) is 5. The Balaban J connectivity index is 1.42. The molecule has 0 fully saturated rings. The van der Waals surface area contributed by atoms with Crippen LogP contribution in [-0.4, -0.2) is 31.3 Å². The maximum atomic E-state index is 12.7. The van der Waals surface area contributed by atoms with Gasteiger partial charge in [0, 0.05) is 24.4 Å². The molecule has 0 bridgehead atoms. The lowest BCUT2D eigenvalue weighted by molar-refractivity contribution is 0.415. The smallest absolute Gasteiger partial charge is 0.259 e. The molecule has 30 heavy (non-hydrogen) atoms. The largest absolute Gasteiger partial charge is 0.497 e. The van der Waals surface area contributed by atoms with Gasteiger partial charge in [0.25, 0.3) is 5.56 Å². The van der Waals surface area contributed by atoms with Gasteiger partial charge in [0.2, 0.25) is 0 Å². The molecule has 0 atom stereocenters. The quantitative estimate of drug-likeness (QED) is 0.389. The number of methoxy groups -OCH3 is 1. The lowest BCUT2D eigenvalue weighted by atomic mass is 10.2. The number of fused-ring (bicyclic) bond motifs is 3. The summed E-state index contributed by atoms with van der Waals surface area (Å²) in [7, 11) is 3.56. The summed E-state index contributed by atoms with van der Waals surface area (Å²) in [4.78, 5) is 18.1. The molecule has 0 saturated carbocycles. The van der Waals surface area contributed by atoms with Crippen molar-refractivity contribution in [2.45, 2.75) is 10.9 Å². The van der Waals surface area contributed by atoms with E-state index in [-0.39, 0.29) is 5.56 Å². The van der Waals surface area contributed by atoms with Crippen LogP contribution >= 0.6 is 23.1 Å². The number of ether oxygens (including phenoxy) is 1. The lowest BCUT2D eigenvalue weighted by Gasteiger charge is -2.05. The van der Waals surface area contributed by atoms with E-state index >= 15 is 0 Å². The predicted octanol–water partition coefficient (Wildman–Crippen LogP) is 4.01. The Morgan fingerprint density at radius 3 is 2.83 bits per heavy atom. The van der Waals surface area contributed by atoms with Crippen molar-refractivity contribution < 1.29 is 4.74 Å². The number of hydrogen-bond donors (Lipinski definition) is 0. The van der Waals surface area contributed by atoms with Gasteiger partial charge < -0.3 is 9.30 Å². The Bertz CT molecular complexity index is 1440. The molecule has 9 heteroatoms. The minimum absolute atomic E-state index is 0.0666. The molecule has 3 aromatic heterocycles. The maximum Gasteiger partial charge on any atom is 0.259 e. The van der Waals surface area contributed by atoms with Crippen molar-refractivity contribution in [3.05, 3.63) is 70.6 Å². The van der Waals surface area contributed by atoms with Gasteiger partial charge in [-0.3, -0.25) is 9.20 Å². The first-order chi connectivity index (χ1) is 14.6. The number of para-hydroxylation sites is 1. The Morgan fingerprint density at radius 1 is 1.10 bits per heavy atom. The number of thiazole rings is 1. The van der Waals surface area contributed by atoms with Gasteiger partial charge in [-0.25, -0.2) is 4.98 Å². The zero-order valence-corrected chi connectivity index (χ0v) is 17.9. The van der Waals surface area contributed by atoms with E-state index in [1.54, 1.807) is 17.6 Å². The fraction of sp³-hybridized carbons (Fsp3) is 0.143. The van der Waals surface area contributed by atoms with Crippen molar-refractivity contribution in [2.75, 3.05) is 7.11 Å². The Morgan fingerprint density at radius 2 is 1.97 bits per heavy atom. The van der Waals surface area contributed by atoms with E-state index in [2.05, 4.69) is 10.2 Å². The zero-order chi connectivity index (χ0) is 20.7. The summed E-state index contributed by atoms with van der Waals surface area (Å²) < 4.78 is 9.94. The minimum Gasteiger partial charge on any atom is -0.497 e. The summed E-state index contributed by atoms with van der Waals surface area (Å²) in [6, 6.07) is 17.1. The van der Waals surface area contributed by atoms with Crippen molar-refractivity contribution in [2.24, 2.45) is 7.05 Å². The molecule has 0 aliphatic heterocycles. The number of thioether (sulfide) groups is 1. The number of rotatable bonds is 5. The average molecular weight is 436 g/mol. The maximum absolute atomic E-state index is 12.7. The van der Waals surface area contributed by atoms with Crippen LogP contribution in [0.5, 0.6) is 5.75 Å². The summed E-state index contributed by atoms with van der Waals surface area (Å²) in [6.07, 6.45) is 0. The second-order valence-electron chi connectivity index (χ2n) is 6.66. The molecule has 0 saturated heterocycles. The number of hydrogen-bond acceptors (Lipinski definition) is 7. The first-order valence-electron chi connectivity index (χ1n) is 9.21. The normalized spacial score (nSPS) is 11.4. The molecule has 2 aromatic carbocycles. The van der Waals surface area contributed by atoms with Crippen molar-refractivity contribution >= 4 is 38.3 Å². The second-order valence-corrected chi connectivity index (χ2v) is 8.61. The third-order valence-electron chi connectivity index (χ3n) is 4.76.